The monoisotopic (exact) mass is 379 g/mol. The van der Waals surface area contributed by atoms with Gasteiger partial charge in [-0.05, 0) is 31.5 Å². The molecular weight excluding hydrogens is 353 g/mol. The van der Waals surface area contributed by atoms with Crippen LogP contribution in [-0.4, -0.2) is 38.7 Å². The van der Waals surface area contributed by atoms with Crippen molar-refractivity contribution in [2.24, 2.45) is 4.99 Å². The van der Waals surface area contributed by atoms with Crippen molar-refractivity contribution in [3.8, 4) is 5.75 Å². The lowest BCUT2D eigenvalue weighted by molar-refractivity contribution is 0.386. The number of ether oxygens (including phenoxy) is 1. The summed E-state index contributed by atoms with van der Waals surface area (Å²) in [6.45, 7) is 5.17. The molecule has 26 heavy (non-hydrogen) atoms. The van der Waals surface area contributed by atoms with Crippen molar-refractivity contribution in [3.05, 3.63) is 40.7 Å². The Morgan fingerprint density at radius 1 is 1.42 bits per heavy atom. The first kappa shape index (κ1) is 20.0. The van der Waals surface area contributed by atoms with E-state index in [1.807, 2.05) is 44.3 Å². The lowest BCUT2D eigenvalue weighted by atomic mass is 10.1. The van der Waals surface area contributed by atoms with E-state index in [9.17, 15) is 4.39 Å². The Morgan fingerprint density at radius 3 is 2.77 bits per heavy atom. The number of aromatic nitrogens is 1. The minimum atomic E-state index is -0.376. The third-order valence-electron chi connectivity index (χ3n) is 3.69. The fourth-order valence-electron chi connectivity index (χ4n) is 2.29. The fourth-order valence-corrected chi connectivity index (χ4v) is 3.04. The predicted octanol–water partition coefficient (Wildman–Crippen LogP) is 3.17. The summed E-state index contributed by atoms with van der Waals surface area (Å²) in [5.41, 5.74) is 1.73. The van der Waals surface area contributed by atoms with E-state index in [1.54, 1.807) is 17.4 Å². The quantitative estimate of drug-likeness (QED) is 0.572. The fraction of sp³-hybridized carbons (Fsp3) is 0.444. The van der Waals surface area contributed by atoms with Crippen molar-refractivity contribution in [1.29, 1.82) is 0 Å². The number of hydrogen-bond donors (Lipinski definition) is 2. The number of aliphatic imine (C=N–C) groups is 1. The number of rotatable bonds is 7. The molecule has 0 saturated heterocycles. The molecule has 0 aliphatic carbocycles. The zero-order valence-electron chi connectivity index (χ0n) is 15.8. The van der Waals surface area contributed by atoms with Crippen LogP contribution in [0.25, 0.3) is 0 Å². The Hall–Kier alpha value is -2.35. The van der Waals surface area contributed by atoms with Gasteiger partial charge >= 0.3 is 0 Å². The van der Waals surface area contributed by atoms with E-state index in [0.717, 1.165) is 22.9 Å². The summed E-state index contributed by atoms with van der Waals surface area (Å²) in [7, 11) is 5.39. The first-order valence-electron chi connectivity index (χ1n) is 8.44. The smallest absolute Gasteiger partial charge is 0.192 e. The van der Waals surface area contributed by atoms with Crippen LogP contribution in [0, 0.1) is 5.82 Å². The molecule has 1 heterocycles. The van der Waals surface area contributed by atoms with Crippen LogP contribution < -0.4 is 20.3 Å². The topological polar surface area (TPSA) is 61.8 Å². The van der Waals surface area contributed by atoms with Crippen molar-refractivity contribution < 1.29 is 9.13 Å². The minimum absolute atomic E-state index is 0.110. The van der Waals surface area contributed by atoms with Gasteiger partial charge in [0.2, 0.25) is 0 Å². The van der Waals surface area contributed by atoms with Gasteiger partial charge in [0.05, 0.1) is 25.4 Å². The Morgan fingerprint density at radius 2 is 2.19 bits per heavy atom. The van der Waals surface area contributed by atoms with Crippen LogP contribution in [0.2, 0.25) is 0 Å². The van der Waals surface area contributed by atoms with Crippen LogP contribution >= 0.6 is 11.3 Å². The molecule has 0 saturated carbocycles. The molecule has 8 heteroatoms. The normalized spacial score (nSPS) is 12.6. The molecule has 0 aliphatic rings. The van der Waals surface area contributed by atoms with E-state index in [2.05, 4.69) is 20.6 Å². The summed E-state index contributed by atoms with van der Waals surface area (Å²) in [5.74, 6) is 0.525. The van der Waals surface area contributed by atoms with E-state index in [1.165, 1.54) is 13.2 Å². The highest BCUT2D eigenvalue weighted by molar-refractivity contribution is 7.13. The lowest BCUT2D eigenvalue weighted by Crippen LogP contribution is -2.38. The van der Waals surface area contributed by atoms with E-state index in [-0.39, 0.29) is 17.6 Å². The van der Waals surface area contributed by atoms with Crippen molar-refractivity contribution in [2.45, 2.75) is 26.4 Å². The zero-order valence-corrected chi connectivity index (χ0v) is 16.7. The summed E-state index contributed by atoms with van der Waals surface area (Å²) < 4.78 is 18.9. The number of methoxy groups -OCH3 is 1. The van der Waals surface area contributed by atoms with Crippen LogP contribution in [-0.2, 0) is 6.54 Å². The molecule has 0 radical (unpaired) electrons. The molecular formula is C18H26FN5OS. The summed E-state index contributed by atoms with van der Waals surface area (Å²) in [6.07, 6.45) is 0. The maximum Gasteiger partial charge on any atom is 0.192 e. The lowest BCUT2D eigenvalue weighted by Gasteiger charge is -2.18. The van der Waals surface area contributed by atoms with Gasteiger partial charge in [-0.2, -0.15) is 0 Å². The number of nitrogens with zero attached hydrogens (tertiary/aromatic N) is 3. The zero-order chi connectivity index (χ0) is 19.1. The molecule has 0 spiro atoms. The molecule has 2 N–H and O–H groups in total. The number of anilines is 1. The average Bonchev–Trinajstić information content (AvgIpc) is 3.09. The summed E-state index contributed by atoms with van der Waals surface area (Å²) in [5, 5.41) is 9.46. The molecule has 1 aromatic carbocycles. The van der Waals surface area contributed by atoms with E-state index >= 15 is 0 Å². The molecule has 1 unspecified atom stereocenters. The first-order valence-corrected chi connectivity index (χ1v) is 9.32. The van der Waals surface area contributed by atoms with Gasteiger partial charge in [-0.3, -0.25) is 0 Å². The second kappa shape index (κ2) is 9.38. The SMILES string of the molecule is CCNC(=NCc1csc(N(C)C)n1)NC(C)c1ccc(OC)c(F)c1. The molecule has 0 aliphatic heterocycles. The number of benzene rings is 1. The Kier molecular flexibility index (Phi) is 7.20. The number of thiazole rings is 1. The standard InChI is InChI=1S/C18H26FN5OS/c1-6-20-17(21-10-14-11-26-18(23-14)24(3)4)22-12(2)13-7-8-16(25-5)15(19)9-13/h7-9,11-12H,6,10H2,1-5H3,(H2,20,21,22). The number of hydrogen-bond acceptors (Lipinski definition) is 5. The van der Waals surface area contributed by atoms with Crippen molar-refractivity contribution in [3.63, 3.8) is 0 Å². The van der Waals surface area contributed by atoms with Gasteiger partial charge in [0.1, 0.15) is 0 Å². The third-order valence-corrected chi connectivity index (χ3v) is 4.75. The maximum absolute atomic E-state index is 13.9. The third kappa shape index (κ3) is 5.32. The number of guanidine groups is 1. The number of nitrogens with one attached hydrogen (secondary N) is 2. The molecule has 0 bridgehead atoms. The van der Waals surface area contributed by atoms with Gasteiger partial charge < -0.3 is 20.3 Å². The van der Waals surface area contributed by atoms with Gasteiger partial charge in [-0.1, -0.05) is 6.07 Å². The van der Waals surface area contributed by atoms with Crippen molar-refractivity contribution in [1.82, 2.24) is 15.6 Å². The molecule has 2 aromatic rings. The highest BCUT2D eigenvalue weighted by Crippen LogP contribution is 2.22. The van der Waals surface area contributed by atoms with Crippen LogP contribution in [0.5, 0.6) is 5.75 Å². The summed E-state index contributed by atoms with van der Waals surface area (Å²) >= 11 is 1.59. The molecule has 1 aromatic heterocycles. The van der Waals surface area contributed by atoms with Crippen molar-refractivity contribution in [2.75, 3.05) is 32.6 Å². The largest absolute Gasteiger partial charge is 0.494 e. The minimum Gasteiger partial charge on any atom is -0.494 e. The summed E-state index contributed by atoms with van der Waals surface area (Å²) in [4.78, 5) is 11.1. The Bertz CT molecular complexity index is 747. The van der Waals surface area contributed by atoms with Gasteiger partial charge in [0, 0.05) is 26.0 Å². The molecule has 2 rings (SSSR count). The van der Waals surface area contributed by atoms with Crippen LogP contribution in [0.15, 0.2) is 28.6 Å². The van der Waals surface area contributed by atoms with Gasteiger partial charge in [-0.15, -0.1) is 11.3 Å². The predicted molar refractivity (Wildman–Crippen MR) is 106 cm³/mol. The maximum atomic E-state index is 13.9. The second-order valence-corrected chi connectivity index (χ2v) is 6.81. The highest BCUT2D eigenvalue weighted by atomic mass is 32.1. The van der Waals surface area contributed by atoms with E-state index in [0.29, 0.717) is 12.5 Å². The van der Waals surface area contributed by atoms with Gasteiger partial charge in [0.25, 0.3) is 0 Å². The highest BCUT2D eigenvalue weighted by Gasteiger charge is 2.11. The van der Waals surface area contributed by atoms with Crippen LogP contribution in [0.3, 0.4) is 0 Å². The molecule has 142 valence electrons. The van der Waals surface area contributed by atoms with Gasteiger partial charge in [-0.25, -0.2) is 14.4 Å². The van der Waals surface area contributed by atoms with E-state index < -0.39 is 0 Å². The second-order valence-electron chi connectivity index (χ2n) is 5.97. The van der Waals surface area contributed by atoms with E-state index in [4.69, 9.17) is 4.74 Å². The van der Waals surface area contributed by atoms with Crippen molar-refractivity contribution >= 4 is 22.4 Å². The molecule has 6 nitrogen and oxygen atoms in total. The Balaban J connectivity index is 2.07. The molecule has 0 fully saturated rings. The Labute approximate surface area is 158 Å². The number of halogens is 1. The summed E-state index contributed by atoms with van der Waals surface area (Å²) in [6, 6.07) is 4.84. The molecule has 1 atom stereocenters. The molecule has 0 amide bonds. The van der Waals surface area contributed by atoms with Crippen LogP contribution in [0.1, 0.15) is 31.1 Å². The van der Waals surface area contributed by atoms with Crippen LogP contribution in [0.4, 0.5) is 9.52 Å². The average molecular weight is 380 g/mol. The van der Waals surface area contributed by atoms with Gasteiger partial charge in [0.15, 0.2) is 22.7 Å². The first-order chi connectivity index (χ1) is 12.4.